The van der Waals surface area contributed by atoms with E-state index in [9.17, 15) is 9.59 Å². The summed E-state index contributed by atoms with van der Waals surface area (Å²) in [6.45, 7) is 4.91. The van der Waals surface area contributed by atoms with Crippen LogP contribution in [0.2, 0.25) is 5.02 Å². The molecule has 1 saturated heterocycles. The van der Waals surface area contributed by atoms with Gasteiger partial charge in [0.2, 0.25) is 0 Å². The summed E-state index contributed by atoms with van der Waals surface area (Å²) in [5.74, 6) is 2.10. The number of amides is 2. The molecule has 0 aliphatic carbocycles. The number of hydrogen-bond acceptors (Lipinski definition) is 3. The van der Waals surface area contributed by atoms with Gasteiger partial charge in [0.05, 0.1) is 10.6 Å². The van der Waals surface area contributed by atoms with Crippen LogP contribution in [0.15, 0.2) is 30.5 Å². The number of rotatable bonds is 4. The van der Waals surface area contributed by atoms with Crippen molar-refractivity contribution in [2.45, 2.75) is 32.7 Å². The first-order valence-corrected chi connectivity index (χ1v) is 9.57. The second-order valence-corrected chi connectivity index (χ2v) is 7.40. The highest BCUT2D eigenvalue weighted by molar-refractivity contribution is 6.34. The fourth-order valence-corrected chi connectivity index (χ4v) is 3.63. The first-order valence-electron chi connectivity index (χ1n) is 9.19. The molecule has 6 heteroatoms. The summed E-state index contributed by atoms with van der Waals surface area (Å²) in [4.78, 5) is 31.3. The van der Waals surface area contributed by atoms with Crippen LogP contribution in [-0.2, 0) is 0 Å². The second-order valence-electron chi connectivity index (χ2n) is 7.00. The molecular formula is C22H22ClN3O2. The van der Waals surface area contributed by atoms with E-state index in [0.29, 0.717) is 34.9 Å². The van der Waals surface area contributed by atoms with Crippen LogP contribution in [0.1, 0.15) is 50.4 Å². The summed E-state index contributed by atoms with van der Waals surface area (Å²) in [7, 11) is 0. The van der Waals surface area contributed by atoms with Crippen LogP contribution in [-0.4, -0.2) is 40.8 Å². The zero-order valence-corrected chi connectivity index (χ0v) is 16.7. The molecule has 0 bridgehead atoms. The Morgan fingerprint density at radius 1 is 1.32 bits per heavy atom. The molecular weight excluding hydrogens is 374 g/mol. The number of halogens is 1. The lowest BCUT2D eigenvalue weighted by molar-refractivity contribution is 0.0719. The fourth-order valence-electron chi connectivity index (χ4n) is 3.33. The van der Waals surface area contributed by atoms with Crippen molar-refractivity contribution in [1.82, 2.24) is 15.2 Å². The number of carbonyl (C=O) groups excluding carboxylic acids is 2. The van der Waals surface area contributed by atoms with Crippen molar-refractivity contribution in [3.05, 3.63) is 63.4 Å². The summed E-state index contributed by atoms with van der Waals surface area (Å²) in [5, 5.41) is 3.35. The van der Waals surface area contributed by atoms with E-state index in [1.165, 1.54) is 6.20 Å². The molecule has 5 nitrogen and oxygen atoms in total. The van der Waals surface area contributed by atoms with Crippen molar-refractivity contribution in [2.75, 3.05) is 13.1 Å². The van der Waals surface area contributed by atoms with Gasteiger partial charge >= 0.3 is 0 Å². The molecule has 2 amide bonds. The molecule has 1 aliphatic rings. The molecule has 2 heterocycles. The van der Waals surface area contributed by atoms with Crippen LogP contribution < -0.4 is 5.32 Å². The Bertz CT molecular complexity index is 947. The predicted octanol–water partition coefficient (Wildman–Crippen LogP) is 3.37. The number of aromatic nitrogens is 1. The maximum atomic E-state index is 12.8. The molecule has 28 heavy (non-hydrogen) atoms. The monoisotopic (exact) mass is 395 g/mol. The number of carbonyl (C=O) groups is 2. The number of aryl methyl sites for hydroxylation is 2. The highest BCUT2D eigenvalue weighted by Gasteiger charge is 2.30. The highest BCUT2D eigenvalue weighted by Crippen LogP contribution is 2.22. The molecule has 1 N–H and O–H groups in total. The molecule has 0 saturated carbocycles. The first kappa shape index (κ1) is 19.9. The van der Waals surface area contributed by atoms with Gasteiger partial charge in [-0.05, 0) is 62.1 Å². The van der Waals surface area contributed by atoms with Gasteiger partial charge in [0.1, 0.15) is 5.69 Å². The maximum absolute atomic E-state index is 12.8. The average Bonchev–Trinajstić information content (AvgIpc) is 3.17. The third-order valence-corrected chi connectivity index (χ3v) is 5.43. The lowest BCUT2D eigenvalue weighted by atomic mass is 10.1. The molecule has 3 rings (SSSR count). The van der Waals surface area contributed by atoms with Crippen LogP contribution in [0.4, 0.5) is 0 Å². The SMILES string of the molecule is C#Cc1ccc(C(=O)N2CCC[C@H]2CNC(=O)c2cc(C)c(C)cc2Cl)nc1. The Kier molecular flexibility index (Phi) is 6.01. The molecule has 2 aromatic rings. The van der Waals surface area contributed by atoms with Crippen LogP contribution in [0.25, 0.3) is 0 Å². The zero-order chi connectivity index (χ0) is 20.3. The standard InChI is InChI=1S/C22H22ClN3O2/c1-4-16-7-8-20(24-12-16)22(28)26-9-5-6-17(26)13-25-21(27)18-10-14(2)15(3)11-19(18)23/h1,7-8,10-12,17H,5-6,9,13H2,2-3H3,(H,25,27)/t17-/m0/s1. The summed E-state index contributed by atoms with van der Waals surface area (Å²) in [5.41, 5.74) is 3.49. The van der Waals surface area contributed by atoms with Crippen molar-refractivity contribution >= 4 is 23.4 Å². The van der Waals surface area contributed by atoms with E-state index in [1.807, 2.05) is 13.8 Å². The normalized spacial score (nSPS) is 15.9. The lowest BCUT2D eigenvalue weighted by Crippen LogP contribution is -2.43. The summed E-state index contributed by atoms with van der Waals surface area (Å²) < 4.78 is 0. The summed E-state index contributed by atoms with van der Waals surface area (Å²) in [6, 6.07) is 6.86. The number of nitrogens with zero attached hydrogens (tertiary/aromatic N) is 2. The van der Waals surface area contributed by atoms with Gasteiger partial charge in [0, 0.05) is 30.9 Å². The number of nitrogens with one attached hydrogen (secondary N) is 1. The smallest absolute Gasteiger partial charge is 0.272 e. The van der Waals surface area contributed by atoms with Gasteiger partial charge in [0.15, 0.2) is 0 Å². The molecule has 1 fully saturated rings. The van der Waals surface area contributed by atoms with Crippen LogP contribution in [0, 0.1) is 26.2 Å². The fraction of sp³-hybridized carbons (Fsp3) is 0.318. The Labute approximate surface area is 170 Å². The number of benzene rings is 1. The van der Waals surface area contributed by atoms with Crippen molar-refractivity contribution in [2.24, 2.45) is 0 Å². The average molecular weight is 396 g/mol. The summed E-state index contributed by atoms with van der Waals surface area (Å²) >= 11 is 6.23. The van der Waals surface area contributed by atoms with E-state index in [4.69, 9.17) is 18.0 Å². The number of hydrogen-bond donors (Lipinski definition) is 1. The highest BCUT2D eigenvalue weighted by atomic mass is 35.5. The Hall–Kier alpha value is -2.84. The largest absolute Gasteiger partial charge is 0.350 e. The molecule has 0 spiro atoms. The van der Waals surface area contributed by atoms with Crippen LogP contribution in [0.3, 0.4) is 0 Å². The maximum Gasteiger partial charge on any atom is 0.272 e. The van der Waals surface area contributed by atoms with Gasteiger partial charge in [-0.1, -0.05) is 17.5 Å². The molecule has 0 unspecified atom stereocenters. The lowest BCUT2D eigenvalue weighted by Gasteiger charge is -2.25. The third kappa shape index (κ3) is 4.18. The third-order valence-electron chi connectivity index (χ3n) is 5.11. The number of likely N-dealkylation sites (tertiary alicyclic amines) is 1. The topological polar surface area (TPSA) is 62.3 Å². The van der Waals surface area contributed by atoms with E-state index in [0.717, 1.165) is 24.0 Å². The first-order chi connectivity index (χ1) is 13.4. The van der Waals surface area contributed by atoms with Crippen molar-refractivity contribution in [3.63, 3.8) is 0 Å². The van der Waals surface area contributed by atoms with E-state index in [-0.39, 0.29) is 17.9 Å². The Balaban J connectivity index is 1.66. The van der Waals surface area contributed by atoms with Gasteiger partial charge in [-0.15, -0.1) is 6.42 Å². The molecule has 1 aromatic carbocycles. The minimum Gasteiger partial charge on any atom is -0.350 e. The van der Waals surface area contributed by atoms with E-state index < -0.39 is 0 Å². The summed E-state index contributed by atoms with van der Waals surface area (Å²) in [6.07, 6.45) is 8.56. The predicted molar refractivity (Wildman–Crippen MR) is 109 cm³/mol. The van der Waals surface area contributed by atoms with Crippen LogP contribution >= 0.6 is 11.6 Å². The molecule has 1 aliphatic heterocycles. The van der Waals surface area contributed by atoms with Crippen LogP contribution in [0.5, 0.6) is 0 Å². The van der Waals surface area contributed by atoms with Gasteiger partial charge in [-0.2, -0.15) is 0 Å². The van der Waals surface area contributed by atoms with Crippen molar-refractivity contribution < 1.29 is 9.59 Å². The quantitative estimate of drug-likeness (QED) is 0.807. The number of pyridine rings is 1. The van der Waals surface area contributed by atoms with Crippen molar-refractivity contribution in [3.8, 4) is 12.3 Å². The van der Waals surface area contributed by atoms with Gasteiger partial charge in [-0.25, -0.2) is 4.98 Å². The Morgan fingerprint density at radius 3 is 2.75 bits per heavy atom. The van der Waals surface area contributed by atoms with E-state index in [2.05, 4.69) is 16.2 Å². The van der Waals surface area contributed by atoms with Gasteiger partial charge in [0.25, 0.3) is 11.8 Å². The second kappa shape index (κ2) is 8.45. The number of terminal acetylenes is 1. The molecule has 1 aromatic heterocycles. The minimum absolute atomic E-state index is 0.0733. The molecule has 1 atom stereocenters. The van der Waals surface area contributed by atoms with Crippen molar-refractivity contribution in [1.29, 1.82) is 0 Å². The molecule has 0 radical (unpaired) electrons. The zero-order valence-electron chi connectivity index (χ0n) is 16.0. The van der Waals surface area contributed by atoms with E-state index in [1.54, 1.807) is 29.2 Å². The van der Waals surface area contributed by atoms with Gasteiger partial charge < -0.3 is 10.2 Å². The minimum atomic E-state index is -0.233. The van der Waals surface area contributed by atoms with E-state index >= 15 is 0 Å². The van der Waals surface area contributed by atoms with Gasteiger partial charge in [-0.3, -0.25) is 9.59 Å². The molecule has 144 valence electrons. The Morgan fingerprint density at radius 2 is 2.07 bits per heavy atom.